The van der Waals surface area contributed by atoms with E-state index in [1.165, 1.54) is 0 Å². The molecule has 0 aliphatic rings. The van der Waals surface area contributed by atoms with E-state index < -0.39 is 11.9 Å². The normalized spacial score (nSPS) is 13.8. The number of carbonyl (C=O) groups is 2. The smallest absolute Gasteiger partial charge is 0.315 e. The highest BCUT2D eigenvalue weighted by atomic mass is 16.4. The summed E-state index contributed by atoms with van der Waals surface area (Å²) in [6, 6.07) is -0.244. The zero-order valence-electron chi connectivity index (χ0n) is 13.0. The highest BCUT2D eigenvalue weighted by molar-refractivity contribution is 5.74. The van der Waals surface area contributed by atoms with E-state index in [-0.39, 0.29) is 17.0 Å². The molecule has 0 spiro atoms. The average Bonchev–Trinajstić information content (AvgIpc) is 2.11. The third-order valence-corrected chi connectivity index (χ3v) is 2.71. The summed E-state index contributed by atoms with van der Waals surface area (Å²) in [6.45, 7) is 12.3. The van der Waals surface area contributed by atoms with E-state index in [2.05, 4.69) is 31.4 Å². The SMILES string of the molecule is CC(CCNC(=O)NC(C)(C)CC(C)(C)C)C(=O)O. The van der Waals surface area contributed by atoms with Crippen molar-refractivity contribution in [1.82, 2.24) is 10.6 Å². The van der Waals surface area contributed by atoms with Crippen LogP contribution >= 0.6 is 0 Å². The van der Waals surface area contributed by atoms with E-state index in [1.54, 1.807) is 6.92 Å². The number of hydrogen-bond acceptors (Lipinski definition) is 2. The van der Waals surface area contributed by atoms with Crippen molar-refractivity contribution >= 4 is 12.0 Å². The summed E-state index contributed by atoms with van der Waals surface area (Å²) in [7, 11) is 0. The topological polar surface area (TPSA) is 78.4 Å². The van der Waals surface area contributed by atoms with Crippen molar-refractivity contribution in [3.8, 4) is 0 Å². The highest BCUT2D eigenvalue weighted by Crippen LogP contribution is 2.26. The van der Waals surface area contributed by atoms with Crippen molar-refractivity contribution in [3.05, 3.63) is 0 Å². The van der Waals surface area contributed by atoms with Crippen LogP contribution in [0, 0.1) is 11.3 Å². The molecule has 0 saturated heterocycles. The molecule has 0 aromatic rings. The number of carboxylic acid groups (broad SMARTS) is 1. The van der Waals surface area contributed by atoms with Gasteiger partial charge in [0.1, 0.15) is 0 Å². The van der Waals surface area contributed by atoms with Gasteiger partial charge in [-0.15, -0.1) is 0 Å². The largest absolute Gasteiger partial charge is 0.481 e. The number of nitrogens with one attached hydrogen (secondary N) is 2. The molecule has 0 fully saturated rings. The van der Waals surface area contributed by atoms with Crippen molar-refractivity contribution in [3.63, 3.8) is 0 Å². The molecule has 0 aromatic carbocycles. The molecule has 3 N–H and O–H groups in total. The van der Waals surface area contributed by atoms with Crippen molar-refractivity contribution in [2.75, 3.05) is 6.54 Å². The lowest BCUT2D eigenvalue weighted by Crippen LogP contribution is -2.50. The summed E-state index contributed by atoms with van der Waals surface area (Å²) >= 11 is 0. The van der Waals surface area contributed by atoms with Crippen LogP contribution in [0.5, 0.6) is 0 Å². The van der Waals surface area contributed by atoms with Gasteiger partial charge in [0.2, 0.25) is 0 Å². The van der Waals surface area contributed by atoms with E-state index >= 15 is 0 Å². The molecule has 0 bridgehead atoms. The van der Waals surface area contributed by atoms with Crippen molar-refractivity contribution in [2.45, 2.75) is 59.9 Å². The van der Waals surface area contributed by atoms with Crippen molar-refractivity contribution in [2.24, 2.45) is 11.3 Å². The lowest BCUT2D eigenvalue weighted by molar-refractivity contribution is -0.141. The van der Waals surface area contributed by atoms with Crippen LogP contribution in [0.15, 0.2) is 0 Å². The minimum Gasteiger partial charge on any atom is -0.481 e. The van der Waals surface area contributed by atoms with E-state index in [9.17, 15) is 9.59 Å². The molecule has 5 heteroatoms. The monoisotopic (exact) mass is 272 g/mol. The van der Waals surface area contributed by atoms with Crippen LogP contribution in [-0.2, 0) is 4.79 Å². The van der Waals surface area contributed by atoms with Gasteiger partial charge in [-0.1, -0.05) is 27.7 Å². The van der Waals surface area contributed by atoms with Crippen LogP contribution in [0.1, 0.15) is 54.4 Å². The maximum Gasteiger partial charge on any atom is 0.315 e. The van der Waals surface area contributed by atoms with Gasteiger partial charge in [-0.25, -0.2) is 4.79 Å². The fourth-order valence-electron chi connectivity index (χ4n) is 2.25. The van der Waals surface area contributed by atoms with Gasteiger partial charge in [0.15, 0.2) is 0 Å². The van der Waals surface area contributed by atoms with Crippen LogP contribution in [0.4, 0.5) is 4.79 Å². The Morgan fingerprint density at radius 2 is 1.68 bits per heavy atom. The quantitative estimate of drug-likeness (QED) is 0.695. The first-order chi connectivity index (χ1) is 8.43. The molecule has 1 atom stereocenters. The van der Waals surface area contributed by atoms with Gasteiger partial charge < -0.3 is 15.7 Å². The third kappa shape index (κ3) is 9.33. The molecule has 0 aliphatic carbocycles. The Kier molecular flexibility index (Phi) is 6.33. The number of rotatable bonds is 6. The predicted molar refractivity (Wildman–Crippen MR) is 76.1 cm³/mol. The molecule has 0 rings (SSSR count). The van der Waals surface area contributed by atoms with Crippen molar-refractivity contribution < 1.29 is 14.7 Å². The Morgan fingerprint density at radius 1 is 1.16 bits per heavy atom. The number of hydrogen-bond donors (Lipinski definition) is 3. The second kappa shape index (κ2) is 6.78. The predicted octanol–water partition coefficient (Wildman–Crippen LogP) is 2.61. The molecule has 0 heterocycles. The number of carboxylic acids is 1. The highest BCUT2D eigenvalue weighted by Gasteiger charge is 2.26. The van der Waals surface area contributed by atoms with Crippen LogP contribution in [0.25, 0.3) is 0 Å². The Labute approximate surface area is 116 Å². The summed E-state index contributed by atoms with van der Waals surface area (Å²) in [6.07, 6.45) is 1.29. The standard InChI is InChI=1S/C14H28N2O3/c1-10(11(17)18)7-8-15-12(19)16-14(5,6)9-13(2,3)4/h10H,7-9H2,1-6H3,(H,17,18)(H2,15,16,19). The number of carbonyl (C=O) groups excluding carboxylic acids is 1. The molecular weight excluding hydrogens is 244 g/mol. The van der Waals surface area contributed by atoms with Crippen LogP contribution in [-0.4, -0.2) is 29.2 Å². The van der Waals surface area contributed by atoms with E-state index in [0.29, 0.717) is 13.0 Å². The number of urea groups is 1. The van der Waals surface area contributed by atoms with Gasteiger partial charge in [-0.2, -0.15) is 0 Å². The molecular formula is C14H28N2O3. The molecule has 1 unspecified atom stereocenters. The summed E-state index contributed by atoms with van der Waals surface area (Å²) in [5.74, 6) is -1.28. The second-order valence-corrected chi connectivity index (χ2v) is 7.03. The van der Waals surface area contributed by atoms with Gasteiger partial charge in [0.25, 0.3) is 0 Å². The van der Waals surface area contributed by atoms with E-state index in [1.807, 2.05) is 13.8 Å². The minimum absolute atomic E-state index is 0.134. The lowest BCUT2D eigenvalue weighted by atomic mass is 9.82. The molecule has 19 heavy (non-hydrogen) atoms. The zero-order chi connectivity index (χ0) is 15.3. The van der Waals surface area contributed by atoms with Gasteiger partial charge in [0, 0.05) is 12.1 Å². The van der Waals surface area contributed by atoms with Gasteiger partial charge in [-0.3, -0.25) is 4.79 Å². The first-order valence-electron chi connectivity index (χ1n) is 6.72. The van der Waals surface area contributed by atoms with E-state index in [4.69, 9.17) is 5.11 Å². The molecule has 112 valence electrons. The maximum absolute atomic E-state index is 11.7. The van der Waals surface area contributed by atoms with Crippen LogP contribution < -0.4 is 10.6 Å². The molecule has 0 aliphatic heterocycles. The van der Waals surface area contributed by atoms with Gasteiger partial charge in [0.05, 0.1) is 5.92 Å². The Morgan fingerprint density at radius 3 is 2.11 bits per heavy atom. The molecule has 5 nitrogen and oxygen atoms in total. The molecule has 0 saturated carbocycles. The van der Waals surface area contributed by atoms with Crippen LogP contribution in [0.3, 0.4) is 0 Å². The maximum atomic E-state index is 11.7. The Balaban J connectivity index is 4.07. The minimum atomic E-state index is -0.838. The average molecular weight is 272 g/mol. The van der Waals surface area contributed by atoms with Crippen molar-refractivity contribution in [1.29, 1.82) is 0 Å². The van der Waals surface area contributed by atoms with Gasteiger partial charge in [-0.05, 0) is 32.1 Å². The number of aliphatic carboxylic acids is 1. The lowest BCUT2D eigenvalue weighted by Gasteiger charge is -2.33. The third-order valence-electron chi connectivity index (χ3n) is 2.71. The fourth-order valence-corrected chi connectivity index (χ4v) is 2.25. The summed E-state index contributed by atoms with van der Waals surface area (Å²) in [5, 5.41) is 14.3. The summed E-state index contributed by atoms with van der Waals surface area (Å²) in [4.78, 5) is 22.4. The molecule has 0 aromatic heterocycles. The Hall–Kier alpha value is -1.26. The van der Waals surface area contributed by atoms with E-state index in [0.717, 1.165) is 6.42 Å². The van der Waals surface area contributed by atoms with Crippen LogP contribution in [0.2, 0.25) is 0 Å². The summed E-state index contributed by atoms with van der Waals surface area (Å²) in [5.41, 5.74) is -0.157. The first kappa shape index (κ1) is 17.7. The summed E-state index contributed by atoms with van der Waals surface area (Å²) < 4.78 is 0. The zero-order valence-corrected chi connectivity index (χ0v) is 13.0. The molecule has 0 radical (unpaired) electrons. The number of amides is 2. The Bertz CT molecular complexity index is 319. The fraction of sp³-hybridized carbons (Fsp3) is 0.857. The second-order valence-electron chi connectivity index (χ2n) is 7.03. The van der Waals surface area contributed by atoms with Gasteiger partial charge >= 0.3 is 12.0 Å². The molecule has 2 amide bonds. The first-order valence-corrected chi connectivity index (χ1v) is 6.72.